The standard InChI is InChI=1S/C15H17N3O2/c1-2-18(10-11-5-3-6-12(16)9-11)15(20)13-7-4-8-14(19)17-13/h3-9H,2,10,16H2,1H3,(H,17,19). The van der Waals surface area contributed by atoms with Gasteiger partial charge in [0.15, 0.2) is 0 Å². The van der Waals surface area contributed by atoms with Gasteiger partial charge in [-0.2, -0.15) is 0 Å². The lowest BCUT2D eigenvalue weighted by molar-refractivity contribution is 0.0746. The minimum Gasteiger partial charge on any atom is -0.399 e. The summed E-state index contributed by atoms with van der Waals surface area (Å²) in [7, 11) is 0. The number of anilines is 1. The molecule has 1 aromatic heterocycles. The van der Waals surface area contributed by atoms with Crippen molar-refractivity contribution in [1.29, 1.82) is 0 Å². The molecule has 0 bridgehead atoms. The first kappa shape index (κ1) is 13.9. The normalized spacial score (nSPS) is 10.2. The highest BCUT2D eigenvalue weighted by molar-refractivity contribution is 5.92. The Bertz CT molecular complexity index is 664. The first-order valence-electron chi connectivity index (χ1n) is 6.43. The fraction of sp³-hybridized carbons (Fsp3) is 0.200. The van der Waals surface area contributed by atoms with Crippen molar-refractivity contribution in [3.05, 3.63) is 64.1 Å². The van der Waals surface area contributed by atoms with E-state index in [0.717, 1.165) is 5.56 Å². The molecule has 0 atom stereocenters. The van der Waals surface area contributed by atoms with Crippen LogP contribution in [0.2, 0.25) is 0 Å². The number of aromatic nitrogens is 1. The first-order chi connectivity index (χ1) is 9.60. The molecule has 3 N–H and O–H groups in total. The molecule has 1 heterocycles. The third kappa shape index (κ3) is 3.26. The molecule has 20 heavy (non-hydrogen) atoms. The van der Waals surface area contributed by atoms with Crippen LogP contribution in [-0.2, 0) is 6.54 Å². The Kier molecular flexibility index (Phi) is 4.20. The molecule has 0 radical (unpaired) electrons. The summed E-state index contributed by atoms with van der Waals surface area (Å²) in [6, 6.07) is 12.0. The molecule has 1 amide bonds. The zero-order valence-electron chi connectivity index (χ0n) is 11.3. The van der Waals surface area contributed by atoms with E-state index < -0.39 is 0 Å². The third-order valence-electron chi connectivity index (χ3n) is 2.99. The fourth-order valence-electron chi connectivity index (χ4n) is 1.98. The Balaban J connectivity index is 2.20. The zero-order chi connectivity index (χ0) is 14.5. The van der Waals surface area contributed by atoms with Crippen molar-refractivity contribution in [1.82, 2.24) is 9.88 Å². The number of benzene rings is 1. The number of aromatic amines is 1. The highest BCUT2D eigenvalue weighted by atomic mass is 16.2. The smallest absolute Gasteiger partial charge is 0.270 e. The molecule has 0 spiro atoms. The molecular formula is C15H17N3O2. The maximum absolute atomic E-state index is 12.3. The van der Waals surface area contributed by atoms with Crippen molar-refractivity contribution in [2.75, 3.05) is 12.3 Å². The quantitative estimate of drug-likeness (QED) is 0.829. The molecular weight excluding hydrogens is 254 g/mol. The third-order valence-corrected chi connectivity index (χ3v) is 2.99. The summed E-state index contributed by atoms with van der Waals surface area (Å²) in [5.74, 6) is -0.201. The monoisotopic (exact) mass is 271 g/mol. The largest absolute Gasteiger partial charge is 0.399 e. The van der Waals surface area contributed by atoms with E-state index in [1.54, 1.807) is 23.1 Å². The number of rotatable bonds is 4. The van der Waals surface area contributed by atoms with Crippen LogP contribution >= 0.6 is 0 Å². The van der Waals surface area contributed by atoms with Gasteiger partial charge in [-0.05, 0) is 30.7 Å². The van der Waals surface area contributed by atoms with Crippen LogP contribution in [0.3, 0.4) is 0 Å². The molecule has 5 heteroatoms. The molecule has 104 valence electrons. The van der Waals surface area contributed by atoms with Crippen molar-refractivity contribution < 1.29 is 4.79 Å². The highest BCUT2D eigenvalue weighted by Crippen LogP contribution is 2.11. The van der Waals surface area contributed by atoms with Crippen molar-refractivity contribution in [3.8, 4) is 0 Å². The Morgan fingerprint density at radius 1 is 1.25 bits per heavy atom. The van der Waals surface area contributed by atoms with Crippen LogP contribution in [0.25, 0.3) is 0 Å². The van der Waals surface area contributed by atoms with E-state index in [0.29, 0.717) is 24.5 Å². The minimum absolute atomic E-state index is 0.201. The van der Waals surface area contributed by atoms with E-state index in [4.69, 9.17) is 5.73 Å². The van der Waals surface area contributed by atoms with Crippen LogP contribution in [-0.4, -0.2) is 22.3 Å². The van der Waals surface area contributed by atoms with Gasteiger partial charge in [0.1, 0.15) is 5.69 Å². The van der Waals surface area contributed by atoms with Crippen LogP contribution in [0, 0.1) is 0 Å². The minimum atomic E-state index is -0.282. The second-order valence-corrected chi connectivity index (χ2v) is 4.49. The predicted molar refractivity (Wildman–Crippen MR) is 78.3 cm³/mol. The average molecular weight is 271 g/mol. The van der Waals surface area contributed by atoms with Crippen molar-refractivity contribution in [2.45, 2.75) is 13.5 Å². The summed E-state index contributed by atoms with van der Waals surface area (Å²) in [6.45, 7) is 2.90. The molecule has 0 saturated heterocycles. The Morgan fingerprint density at radius 2 is 2.00 bits per heavy atom. The number of H-pyrrole nitrogens is 1. The highest BCUT2D eigenvalue weighted by Gasteiger charge is 2.15. The van der Waals surface area contributed by atoms with Crippen LogP contribution in [0.15, 0.2) is 47.3 Å². The van der Waals surface area contributed by atoms with Gasteiger partial charge >= 0.3 is 0 Å². The lowest BCUT2D eigenvalue weighted by Crippen LogP contribution is -2.32. The van der Waals surface area contributed by atoms with Gasteiger partial charge in [-0.3, -0.25) is 9.59 Å². The van der Waals surface area contributed by atoms with Gasteiger partial charge in [0.2, 0.25) is 5.56 Å². The Morgan fingerprint density at radius 3 is 2.65 bits per heavy atom. The molecule has 0 aliphatic carbocycles. The SMILES string of the molecule is CCN(Cc1cccc(N)c1)C(=O)c1cccc(=O)[nH]1. The molecule has 0 fully saturated rings. The van der Waals surface area contributed by atoms with E-state index in [1.807, 2.05) is 25.1 Å². The number of nitrogens with zero attached hydrogens (tertiary/aromatic N) is 1. The summed E-state index contributed by atoms with van der Waals surface area (Å²) in [4.78, 5) is 27.8. The molecule has 0 saturated carbocycles. The number of carbonyl (C=O) groups excluding carboxylic acids is 1. The van der Waals surface area contributed by atoms with Crippen LogP contribution in [0.4, 0.5) is 5.69 Å². The van der Waals surface area contributed by atoms with Gasteiger partial charge in [-0.25, -0.2) is 0 Å². The van der Waals surface area contributed by atoms with E-state index in [-0.39, 0.29) is 11.5 Å². The topological polar surface area (TPSA) is 79.2 Å². The first-order valence-corrected chi connectivity index (χ1v) is 6.43. The number of nitrogens with one attached hydrogen (secondary N) is 1. The number of nitrogens with two attached hydrogens (primary N) is 1. The van der Waals surface area contributed by atoms with Gasteiger partial charge in [0.05, 0.1) is 0 Å². The second kappa shape index (κ2) is 6.06. The maximum Gasteiger partial charge on any atom is 0.270 e. The van der Waals surface area contributed by atoms with Crippen LogP contribution in [0.1, 0.15) is 23.0 Å². The molecule has 2 aromatic rings. The molecule has 1 aromatic carbocycles. The van der Waals surface area contributed by atoms with E-state index in [9.17, 15) is 9.59 Å². The number of hydrogen-bond acceptors (Lipinski definition) is 3. The average Bonchev–Trinajstić information content (AvgIpc) is 2.44. The van der Waals surface area contributed by atoms with E-state index >= 15 is 0 Å². The summed E-state index contributed by atoms with van der Waals surface area (Å²) < 4.78 is 0. The van der Waals surface area contributed by atoms with E-state index in [1.165, 1.54) is 6.07 Å². The summed E-state index contributed by atoms with van der Waals surface area (Å²) in [5.41, 5.74) is 7.37. The van der Waals surface area contributed by atoms with Crippen molar-refractivity contribution >= 4 is 11.6 Å². The number of nitrogen functional groups attached to an aromatic ring is 1. The molecule has 0 aliphatic rings. The summed E-state index contributed by atoms with van der Waals surface area (Å²) in [6.07, 6.45) is 0. The zero-order valence-corrected chi connectivity index (χ0v) is 11.3. The van der Waals surface area contributed by atoms with Crippen LogP contribution < -0.4 is 11.3 Å². The van der Waals surface area contributed by atoms with Gasteiger partial charge in [-0.15, -0.1) is 0 Å². The van der Waals surface area contributed by atoms with Gasteiger partial charge < -0.3 is 15.6 Å². The number of pyridine rings is 1. The number of hydrogen-bond donors (Lipinski definition) is 2. The molecule has 5 nitrogen and oxygen atoms in total. The number of carbonyl (C=O) groups is 1. The predicted octanol–water partition coefficient (Wildman–Crippen LogP) is 1.62. The van der Waals surface area contributed by atoms with Crippen LogP contribution in [0.5, 0.6) is 0 Å². The second-order valence-electron chi connectivity index (χ2n) is 4.49. The summed E-state index contributed by atoms with van der Waals surface area (Å²) in [5, 5.41) is 0. The van der Waals surface area contributed by atoms with Gasteiger partial charge in [0, 0.05) is 24.8 Å². The van der Waals surface area contributed by atoms with Gasteiger partial charge in [0.25, 0.3) is 5.91 Å². The van der Waals surface area contributed by atoms with Crippen molar-refractivity contribution in [3.63, 3.8) is 0 Å². The summed E-state index contributed by atoms with van der Waals surface area (Å²) >= 11 is 0. The molecule has 0 aliphatic heterocycles. The lowest BCUT2D eigenvalue weighted by atomic mass is 10.2. The van der Waals surface area contributed by atoms with E-state index in [2.05, 4.69) is 4.98 Å². The molecule has 0 unspecified atom stereocenters. The van der Waals surface area contributed by atoms with Crippen molar-refractivity contribution in [2.24, 2.45) is 0 Å². The lowest BCUT2D eigenvalue weighted by Gasteiger charge is -2.21. The Hall–Kier alpha value is -2.56. The van der Waals surface area contributed by atoms with Gasteiger partial charge in [-0.1, -0.05) is 18.2 Å². The fourth-order valence-corrected chi connectivity index (χ4v) is 1.98. The Labute approximate surface area is 117 Å². The maximum atomic E-state index is 12.3. The molecule has 2 rings (SSSR count). The number of amides is 1.